The van der Waals surface area contributed by atoms with Gasteiger partial charge < -0.3 is 10.6 Å². The summed E-state index contributed by atoms with van der Waals surface area (Å²) in [5.41, 5.74) is 8.99. The van der Waals surface area contributed by atoms with Crippen LogP contribution in [0.3, 0.4) is 0 Å². The van der Waals surface area contributed by atoms with Gasteiger partial charge in [0.1, 0.15) is 0 Å². The molecular weight excluding hydrogens is 429 g/mol. The Morgan fingerprint density at radius 1 is 1.15 bits per heavy atom. The fourth-order valence-electron chi connectivity index (χ4n) is 3.92. The summed E-state index contributed by atoms with van der Waals surface area (Å²) in [6.07, 6.45) is -5.75. The van der Waals surface area contributed by atoms with E-state index in [4.69, 9.17) is 16.4 Å². The molecule has 3 rings (SSSR count). The van der Waals surface area contributed by atoms with Crippen molar-refractivity contribution in [2.75, 3.05) is 13.1 Å². The van der Waals surface area contributed by atoms with E-state index in [1.807, 2.05) is 12.1 Å². The SMILES string of the molecule is CC(C(=N)c1cc(C(=O)N2CC(c3ccc(C#N)cc3)C2)c(C)cc1C)=C(N)CC(F)(F)F. The van der Waals surface area contributed by atoms with Crippen LogP contribution in [-0.2, 0) is 0 Å². The Balaban J connectivity index is 1.80. The standard InChI is InChI=1S/C25H25F3N4O/c1-14-8-15(2)21(9-20(14)23(31)16(3)22(30)10-25(26,27)28)24(33)32-12-19(13-32)18-6-4-17(11-29)5-7-18/h4-9,19,31H,10,12-13,30H2,1-3H3. The number of aryl methyl sites for hydroxylation is 2. The molecule has 0 aliphatic carbocycles. The van der Waals surface area contributed by atoms with E-state index in [2.05, 4.69) is 6.07 Å². The molecule has 8 heteroatoms. The second-order valence-electron chi connectivity index (χ2n) is 8.44. The first-order chi connectivity index (χ1) is 15.4. The van der Waals surface area contributed by atoms with Crippen LogP contribution in [0.5, 0.6) is 0 Å². The van der Waals surface area contributed by atoms with Gasteiger partial charge in [-0.05, 0) is 61.2 Å². The predicted molar refractivity (Wildman–Crippen MR) is 120 cm³/mol. The number of hydrogen-bond donors (Lipinski definition) is 2. The number of carbonyl (C=O) groups excluding carboxylic acids is 1. The van der Waals surface area contributed by atoms with Gasteiger partial charge in [-0.1, -0.05) is 18.2 Å². The van der Waals surface area contributed by atoms with Crippen molar-refractivity contribution in [3.8, 4) is 6.07 Å². The number of likely N-dealkylation sites (tertiary alicyclic amines) is 1. The summed E-state index contributed by atoms with van der Waals surface area (Å²) in [5, 5.41) is 17.3. The van der Waals surface area contributed by atoms with Crippen molar-refractivity contribution in [2.24, 2.45) is 5.73 Å². The summed E-state index contributed by atoms with van der Waals surface area (Å²) in [6.45, 7) is 6.00. The lowest BCUT2D eigenvalue weighted by Crippen LogP contribution is -2.48. The molecule has 0 bridgehead atoms. The highest BCUT2D eigenvalue weighted by molar-refractivity contribution is 6.12. The number of amides is 1. The molecule has 2 aromatic carbocycles. The van der Waals surface area contributed by atoms with Crippen molar-refractivity contribution >= 4 is 11.6 Å². The molecule has 1 amide bonds. The summed E-state index contributed by atoms with van der Waals surface area (Å²) in [5.74, 6) is -0.00565. The maximum atomic E-state index is 13.1. The van der Waals surface area contributed by atoms with Crippen LogP contribution < -0.4 is 5.73 Å². The van der Waals surface area contributed by atoms with Gasteiger partial charge in [-0.3, -0.25) is 10.2 Å². The molecule has 0 spiro atoms. The summed E-state index contributed by atoms with van der Waals surface area (Å²) in [7, 11) is 0. The zero-order valence-corrected chi connectivity index (χ0v) is 18.7. The number of nitrogens with zero attached hydrogens (tertiary/aromatic N) is 2. The van der Waals surface area contributed by atoms with Crippen molar-refractivity contribution in [3.63, 3.8) is 0 Å². The molecule has 5 nitrogen and oxygen atoms in total. The molecule has 33 heavy (non-hydrogen) atoms. The predicted octanol–water partition coefficient (Wildman–Crippen LogP) is 4.97. The number of benzene rings is 2. The first kappa shape index (κ1) is 24.1. The van der Waals surface area contributed by atoms with E-state index in [1.54, 1.807) is 43.0 Å². The smallest absolute Gasteiger partial charge is 0.394 e. The molecule has 1 fully saturated rings. The number of rotatable bonds is 5. The Labute approximate surface area is 190 Å². The Morgan fingerprint density at radius 3 is 2.27 bits per heavy atom. The van der Waals surface area contributed by atoms with Crippen LogP contribution in [0.1, 0.15) is 57.4 Å². The van der Waals surface area contributed by atoms with Gasteiger partial charge in [-0.25, -0.2) is 0 Å². The molecule has 0 radical (unpaired) electrons. The molecule has 0 unspecified atom stereocenters. The molecule has 2 aromatic rings. The molecule has 3 N–H and O–H groups in total. The van der Waals surface area contributed by atoms with Gasteiger partial charge in [0.15, 0.2) is 0 Å². The molecule has 1 aliphatic heterocycles. The highest BCUT2D eigenvalue weighted by atomic mass is 19.4. The number of halogens is 3. The summed E-state index contributed by atoms with van der Waals surface area (Å²) >= 11 is 0. The van der Waals surface area contributed by atoms with Crippen molar-refractivity contribution in [2.45, 2.75) is 39.3 Å². The minimum absolute atomic E-state index is 0.0440. The van der Waals surface area contributed by atoms with Gasteiger partial charge >= 0.3 is 6.18 Å². The number of nitrogens with two attached hydrogens (primary N) is 1. The topological polar surface area (TPSA) is 94.0 Å². The maximum absolute atomic E-state index is 13.1. The number of carbonyl (C=O) groups is 1. The van der Waals surface area contributed by atoms with Gasteiger partial charge in [0.25, 0.3) is 5.91 Å². The fraction of sp³-hybridized carbons (Fsp3) is 0.320. The van der Waals surface area contributed by atoms with Crippen molar-refractivity contribution < 1.29 is 18.0 Å². The average molecular weight is 454 g/mol. The second kappa shape index (κ2) is 9.10. The van der Waals surface area contributed by atoms with Crippen molar-refractivity contribution in [3.05, 3.63) is 81.0 Å². The maximum Gasteiger partial charge on any atom is 0.394 e. The van der Waals surface area contributed by atoms with Crippen LogP contribution in [0.15, 0.2) is 47.7 Å². The lowest BCUT2D eigenvalue weighted by Gasteiger charge is -2.40. The monoisotopic (exact) mass is 454 g/mol. The van der Waals surface area contributed by atoms with E-state index >= 15 is 0 Å². The van der Waals surface area contributed by atoms with Crippen LogP contribution in [0.25, 0.3) is 0 Å². The van der Waals surface area contributed by atoms with E-state index in [0.717, 1.165) is 11.1 Å². The Kier molecular flexibility index (Phi) is 6.63. The van der Waals surface area contributed by atoms with Crippen LogP contribution >= 0.6 is 0 Å². The molecule has 1 heterocycles. The van der Waals surface area contributed by atoms with Crippen LogP contribution in [0.4, 0.5) is 13.2 Å². The largest absolute Gasteiger partial charge is 0.401 e. The number of hydrogen-bond acceptors (Lipinski definition) is 4. The molecule has 1 saturated heterocycles. The molecule has 172 valence electrons. The first-order valence-electron chi connectivity index (χ1n) is 10.4. The Morgan fingerprint density at radius 2 is 1.73 bits per heavy atom. The van der Waals surface area contributed by atoms with E-state index in [-0.39, 0.29) is 23.1 Å². The number of nitrogens with one attached hydrogen (secondary N) is 1. The first-order valence-corrected chi connectivity index (χ1v) is 10.4. The summed E-state index contributed by atoms with van der Waals surface area (Å²) in [4.78, 5) is 14.8. The van der Waals surface area contributed by atoms with Gasteiger partial charge in [0, 0.05) is 35.8 Å². The third kappa shape index (κ3) is 5.25. The van der Waals surface area contributed by atoms with Gasteiger partial charge in [0.05, 0.1) is 23.8 Å². The molecular formula is C25H25F3N4O. The van der Waals surface area contributed by atoms with Gasteiger partial charge in [0.2, 0.25) is 0 Å². The van der Waals surface area contributed by atoms with E-state index in [9.17, 15) is 18.0 Å². The molecule has 0 saturated carbocycles. The number of alkyl halides is 3. The van der Waals surface area contributed by atoms with E-state index < -0.39 is 18.3 Å². The van der Waals surface area contributed by atoms with Crippen LogP contribution in [-0.4, -0.2) is 35.8 Å². The third-order valence-electron chi connectivity index (χ3n) is 6.00. The lowest BCUT2D eigenvalue weighted by molar-refractivity contribution is -0.127. The normalized spacial score (nSPS) is 14.9. The fourth-order valence-corrected chi connectivity index (χ4v) is 3.92. The quantitative estimate of drug-likeness (QED) is 0.625. The third-order valence-corrected chi connectivity index (χ3v) is 6.00. The van der Waals surface area contributed by atoms with E-state index in [1.165, 1.54) is 6.92 Å². The van der Waals surface area contributed by atoms with E-state index in [0.29, 0.717) is 35.3 Å². The van der Waals surface area contributed by atoms with Crippen LogP contribution in [0.2, 0.25) is 0 Å². The lowest BCUT2D eigenvalue weighted by atomic mass is 9.88. The summed E-state index contributed by atoms with van der Waals surface area (Å²) in [6, 6.07) is 12.7. The minimum Gasteiger partial charge on any atom is -0.401 e. The minimum atomic E-state index is -4.46. The molecule has 0 aromatic heterocycles. The van der Waals surface area contributed by atoms with Crippen LogP contribution in [0, 0.1) is 30.6 Å². The number of nitriles is 1. The average Bonchev–Trinajstić information content (AvgIpc) is 2.71. The molecule has 1 aliphatic rings. The Hall–Kier alpha value is -3.60. The van der Waals surface area contributed by atoms with Gasteiger partial charge in [-0.2, -0.15) is 18.4 Å². The highest BCUT2D eigenvalue weighted by Crippen LogP contribution is 2.30. The van der Waals surface area contributed by atoms with Gasteiger partial charge in [-0.15, -0.1) is 0 Å². The zero-order valence-electron chi connectivity index (χ0n) is 18.7. The second-order valence-corrected chi connectivity index (χ2v) is 8.44. The summed E-state index contributed by atoms with van der Waals surface area (Å²) < 4.78 is 38.1. The van der Waals surface area contributed by atoms with Crippen molar-refractivity contribution in [1.29, 1.82) is 10.7 Å². The highest BCUT2D eigenvalue weighted by Gasteiger charge is 2.33. The zero-order chi connectivity index (χ0) is 24.5. The molecule has 0 atom stereocenters. The number of allylic oxidation sites excluding steroid dienone is 2. The Bertz CT molecular complexity index is 1170. The van der Waals surface area contributed by atoms with Crippen molar-refractivity contribution in [1.82, 2.24) is 4.90 Å².